The zero-order chi connectivity index (χ0) is 29.9. The summed E-state index contributed by atoms with van der Waals surface area (Å²) in [5.41, 5.74) is 2.74. The van der Waals surface area contributed by atoms with Crippen LogP contribution in [0, 0.1) is 5.92 Å². The molecular formula is C35H58N6O. The van der Waals surface area contributed by atoms with Gasteiger partial charge < -0.3 is 25.1 Å². The fraction of sp³-hybridized carbons (Fsp3) is 0.657. The van der Waals surface area contributed by atoms with Crippen molar-refractivity contribution >= 4 is 0 Å². The molecule has 0 aromatic heterocycles. The molecule has 0 bridgehead atoms. The van der Waals surface area contributed by atoms with Crippen LogP contribution in [0.3, 0.4) is 0 Å². The molecule has 7 nitrogen and oxygen atoms in total. The summed E-state index contributed by atoms with van der Waals surface area (Å²) in [4.78, 5) is 13.1. The Bertz CT molecular complexity index is 1020. The Balaban J connectivity index is 1.27. The Hall–Kier alpha value is -2.00. The number of phenolic OH excluding ortho intramolecular Hbond substituents is 1. The van der Waals surface area contributed by atoms with Crippen LogP contribution in [0.15, 0.2) is 54.6 Å². The number of phenols is 1. The van der Waals surface area contributed by atoms with E-state index >= 15 is 0 Å². The van der Waals surface area contributed by atoms with E-state index in [1.54, 1.807) is 12.1 Å². The Kier molecular flexibility index (Phi) is 13.1. The normalized spacial score (nSPS) is 21.9. The summed E-state index contributed by atoms with van der Waals surface area (Å²) in [6.45, 7) is 16.9. The minimum Gasteiger partial charge on any atom is -0.508 e. The smallest absolute Gasteiger partial charge is 0.115 e. The highest BCUT2D eigenvalue weighted by atomic mass is 16.3. The predicted molar refractivity (Wildman–Crippen MR) is 176 cm³/mol. The average Bonchev–Trinajstić information content (AvgIpc) is 2.98. The van der Waals surface area contributed by atoms with E-state index in [-0.39, 0.29) is 0 Å². The monoisotopic (exact) mass is 578 g/mol. The van der Waals surface area contributed by atoms with Crippen LogP contribution in [-0.4, -0.2) is 141 Å². The molecular weight excluding hydrogens is 520 g/mol. The molecule has 3 atom stereocenters. The lowest BCUT2D eigenvalue weighted by molar-refractivity contribution is 0.0815. The molecule has 2 aliphatic heterocycles. The van der Waals surface area contributed by atoms with Gasteiger partial charge in [0.15, 0.2) is 0 Å². The molecule has 4 rings (SSSR count). The first kappa shape index (κ1) is 32.9. The standard InChI is InChI=1S/C35H58N6O/c1-29(2)23-32-26-36-15-16-41(32)28-34(24-30-9-7-6-8-10-30)38(4)19-17-37(3)18-21-40-22-20-39(5)33(27-40)25-31-11-13-35(42)14-12-31/h6-14,29,32-34,36,42H,15-28H2,1-5H3/t32-,33-,34-/m0/s1. The van der Waals surface area contributed by atoms with Gasteiger partial charge in [0.2, 0.25) is 0 Å². The molecule has 0 unspecified atom stereocenters. The van der Waals surface area contributed by atoms with Crippen LogP contribution in [0.25, 0.3) is 0 Å². The van der Waals surface area contributed by atoms with Crippen molar-refractivity contribution in [1.29, 1.82) is 0 Å². The summed E-state index contributed by atoms with van der Waals surface area (Å²) < 4.78 is 0. The largest absolute Gasteiger partial charge is 0.508 e. The van der Waals surface area contributed by atoms with Crippen LogP contribution >= 0.6 is 0 Å². The maximum absolute atomic E-state index is 9.64. The minimum absolute atomic E-state index is 0.344. The molecule has 42 heavy (non-hydrogen) atoms. The van der Waals surface area contributed by atoms with Gasteiger partial charge in [0, 0.05) is 90.1 Å². The van der Waals surface area contributed by atoms with Crippen LogP contribution in [0.1, 0.15) is 31.4 Å². The Morgan fingerprint density at radius 1 is 0.905 bits per heavy atom. The summed E-state index contributed by atoms with van der Waals surface area (Å²) >= 11 is 0. The van der Waals surface area contributed by atoms with Crippen molar-refractivity contribution in [2.45, 2.75) is 51.2 Å². The van der Waals surface area contributed by atoms with Crippen molar-refractivity contribution in [3.8, 4) is 5.75 Å². The first-order chi connectivity index (χ1) is 20.3. The van der Waals surface area contributed by atoms with E-state index in [9.17, 15) is 5.11 Å². The number of nitrogens with one attached hydrogen (secondary N) is 1. The van der Waals surface area contributed by atoms with Gasteiger partial charge in [0.05, 0.1) is 0 Å². The summed E-state index contributed by atoms with van der Waals surface area (Å²) in [6, 6.07) is 20.5. The van der Waals surface area contributed by atoms with Gasteiger partial charge in [-0.3, -0.25) is 9.80 Å². The van der Waals surface area contributed by atoms with Crippen LogP contribution in [0.4, 0.5) is 0 Å². The van der Waals surface area contributed by atoms with Crippen molar-refractivity contribution in [3.05, 3.63) is 65.7 Å². The van der Waals surface area contributed by atoms with E-state index in [1.807, 2.05) is 0 Å². The number of hydrogen-bond donors (Lipinski definition) is 2. The maximum Gasteiger partial charge on any atom is 0.115 e. The fourth-order valence-corrected chi connectivity index (χ4v) is 6.61. The zero-order valence-electron chi connectivity index (χ0n) is 27.1. The lowest BCUT2D eigenvalue weighted by Crippen LogP contribution is -2.56. The summed E-state index contributed by atoms with van der Waals surface area (Å²) in [6.07, 6.45) is 3.39. The van der Waals surface area contributed by atoms with Gasteiger partial charge in [0.1, 0.15) is 5.75 Å². The summed E-state index contributed by atoms with van der Waals surface area (Å²) in [7, 11) is 6.89. The third-order valence-electron chi connectivity index (χ3n) is 9.50. The van der Waals surface area contributed by atoms with Gasteiger partial charge in [-0.1, -0.05) is 56.3 Å². The van der Waals surface area contributed by atoms with Crippen LogP contribution in [-0.2, 0) is 12.8 Å². The second-order valence-electron chi connectivity index (χ2n) is 13.4. The van der Waals surface area contributed by atoms with Crippen LogP contribution in [0.2, 0.25) is 0 Å². The number of benzene rings is 2. The van der Waals surface area contributed by atoms with E-state index in [0.717, 1.165) is 90.8 Å². The highest BCUT2D eigenvalue weighted by Crippen LogP contribution is 2.18. The molecule has 0 radical (unpaired) electrons. The molecule has 2 saturated heterocycles. The second-order valence-corrected chi connectivity index (χ2v) is 13.4. The first-order valence-corrected chi connectivity index (χ1v) is 16.3. The average molecular weight is 579 g/mol. The number of hydrogen-bond acceptors (Lipinski definition) is 7. The minimum atomic E-state index is 0.344. The summed E-state index contributed by atoms with van der Waals surface area (Å²) in [5, 5.41) is 13.3. The Labute approximate surface area is 256 Å². The number of likely N-dealkylation sites (N-methyl/N-ethyl adjacent to an activating group) is 3. The van der Waals surface area contributed by atoms with Gasteiger partial charge in [-0.15, -0.1) is 0 Å². The highest BCUT2D eigenvalue weighted by Gasteiger charge is 2.28. The van der Waals surface area contributed by atoms with Crippen LogP contribution in [0.5, 0.6) is 5.75 Å². The number of piperazine rings is 2. The van der Waals surface area contributed by atoms with Crippen molar-refractivity contribution in [1.82, 2.24) is 29.8 Å². The molecule has 2 aliphatic rings. The van der Waals surface area contributed by atoms with Gasteiger partial charge >= 0.3 is 0 Å². The lowest BCUT2D eigenvalue weighted by Gasteiger charge is -2.41. The highest BCUT2D eigenvalue weighted by molar-refractivity contribution is 5.26. The van der Waals surface area contributed by atoms with Crippen molar-refractivity contribution < 1.29 is 5.11 Å². The molecule has 0 spiro atoms. The third kappa shape index (κ3) is 10.6. The molecule has 2 fully saturated rings. The fourth-order valence-electron chi connectivity index (χ4n) is 6.61. The van der Waals surface area contributed by atoms with E-state index in [0.29, 0.717) is 23.9 Å². The lowest BCUT2D eigenvalue weighted by atomic mass is 9.98. The molecule has 0 amide bonds. The first-order valence-electron chi connectivity index (χ1n) is 16.3. The van der Waals surface area contributed by atoms with E-state index in [1.165, 1.54) is 17.5 Å². The Morgan fingerprint density at radius 3 is 2.40 bits per heavy atom. The molecule has 2 N–H and O–H groups in total. The molecule has 2 heterocycles. The zero-order valence-corrected chi connectivity index (χ0v) is 27.1. The van der Waals surface area contributed by atoms with E-state index < -0.39 is 0 Å². The number of nitrogens with zero attached hydrogens (tertiary/aromatic N) is 5. The van der Waals surface area contributed by atoms with Gasteiger partial charge in [0.25, 0.3) is 0 Å². The molecule has 7 heteroatoms. The van der Waals surface area contributed by atoms with Crippen molar-refractivity contribution in [2.24, 2.45) is 5.92 Å². The van der Waals surface area contributed by atoms with Crippen molar-refractivity contribution in [2.75, 3.05) is 93.1 Å². The summed E-state index contributed by atoms with van der Waals surface area (Å²) in [5.74, 6) is 1.07. The molecule has 0 aliphatic carbocycles. The molecule has 2 aromatic carbocycles. The van der Waals surface area contributed by atoms with Gasteiger partial charge in [-0.05, 0) is 69.6 Å². The molecule has 2 aromatic rings. The SMILES string of the molecule is CC(C)C[C@H]1CNCCN1C[C@H](Cc1ccccc1)N(C)CCN(C)CCN1CCN(C)[C@@H](Cc2ccc(O)cc2)C1. The molecule has 0 saturated carbocycles. The van der Waals surface area contributed by atoms with E-state index in [4.69, 9.17) is 0 Å². The van der Waals surface area contributed by atoms with Crippen LogP contribution < -0.4 is 5.32 Å². The third-order valence-corrected chi connectivity index (χ3v) is 9.50. The number of rotatable bonds is 15. The second kappa shape index (κ2) is 16.7. The topological polar surface area (TPSA) is 48.5 Å². The van der Waals surface area contributed by atoms with E-state index in [2.05, 4.69) is 107 Å². The quantitative estimate of drug-likeness (QED) is 0.336. The maximum atomic E-state index is 9.64. The number of aromatic hydroxyl groups is 1. The predicted octanol–water partition coefficient (Wildman–Crippen LogP) is 3.35. The molecule has 234 valence electrons. The Morgan fingerprint density at radius 2 is 1.67 bits per heavy atom. The van der Waals surface area contributed by atoms with Crippen molar-refractivity contribution in [3.63, 3.8) is 0 Å². The van der Waals surface area contributed by atoms with Gasteiger partial charge in [-0.2, -0.15) is 0 Å². The van der Waals surface area contributed by atoms with Gasteiger partial charge in [-0.25, -0.2) is 0 Å².